The molecule has 0 aliphatic rings. The zero-order valence-electron chi connectivity index (χ0n) is 10.4. The van der Waals surface area contributed by atoms with Gasteiger partial charge in [-0.05, 0) is 17.7 Å². The van der Waals surface area contributed by atoms with Gasteiger partial charge in [0.2, 0.25) is 0 Å². The van der Waals surface area contributed by atoms with Crippen molar-refractivity contribution in [2.24, 2.45) is 5.73 Å². The molecule has 5 nitrogen and oxygen atoms in total. The highest BCUT2D eigenvalue weighted by Gasteiger charge is 2.19. The molecule has 1 aromatic carbocycles. The highest BCUT2D eigenvalue weighted by Crippen LogP contribution is 2.35. The lowest BCUT2D eigenvalue weighted by molar-refractivity contribution is 0.174. The average molecular weight is 241 g/mol. The molecule has 0 fully saturated rings. The summed E-state index contributed by atoms with van der Waals surface area (Å²) >= 11 is 0. The van der Waals surface area contributed by atoms with Crippen LogP contribution in [0.2, 0.25) is 0 Å². The van der Waals surface area contributed by atoms with Gasteiger partial charge in [0.25, 0.3) is 0 Å². The van der Waals surface area contributed by atoms with Crippen LogP contribution in [0.3, 0.4) is 0 Å². The molecule has 1 rings (SSSR count). The van der Waals surface area contributed by atoms with E-state index in [4.69, 9.17) is 19.9 Å². The largest absolute Gasteiger partial charge is 0.496 e. The first-order valence-electron chi connectivity index (χ1n) is 5.29. The fourth-order valence-electron chi connectivity index (χ4n) is 1.69. The van der Waals surface area contributed by atoms with Crippen molar-refractivity contribution in [3.05, 3.63) is 23.3 Å². The number of hydrogen-bond acceptors (Lipinski definition) is 5. The Morgan fingerprint density at radius 3 is 2.06 bits per heavy atom. The topological polar surface area (TPSA) is 73.9 Å². The summed E-state index contributed by atoms with van der Waals surface area (Å²) in [6, 6.07) is 3.61. The van der Waals surface area contributed by atoms with Gasteiger partial charge in [0, 0.05) is 13.7 Å². The molecular weight excluding hydrogens is 222 g/mol. The lowest BCUT2D eigenvalue weighted by Crippen LogP contribution is -2.14. The number of ether oxygens (including phenoxy) is 3. The van der Waals surface area contributed by atoms with E-state index in [1.165, 1.54) is 14.2 Å². The summed E-state index contributed by atoms with van der Waals surface area (Å²) in [6.45, 7) is 0.558. The molecule has 0 saturated heterocycles. The quantitative estimate of drug-likeness (QED) is 0.772. The Bertz CT molecular complexity index is 343. The minimum absolute atomic E-state index is 0.107. The first kappa shape index (κ1) is 13.8. The molecular formula is C12H19NO4. The first-order valence-corrected chi connectivity index (χ1v) is 5.29. The molecule has 17 heavy (non-hydrogen) atoms. The lowest BCUT2D eigenvalue weighted by Gasteiger charge is -2.18. The molecule has 96 valence electrons. The van der Waals surface area contributed by atoms with Gasteiger partial charge < -0.3 is 25.1 Å². The molecule has 0 radical (unpaired) electrons. The Balaban J connectivity index is 3.25. The standard InChI is InChI=1S/C12H19NO4/c1-15-7-8-4-10(16-2)12(9(14)6-13)11(5-8)17-3/h4-5,9,14H,6-7,13H2,1-3H3. The van der Waals surface area contributed by atoms with Gasteiger partial charge in [-0.3, -0.25) is 0 Å². The summed E-state index contributed by atoms with van der Waals surface area (Å²) < 4.78 is 15.5. The predicted octanol–water partition coefficient (Wildman–Crippen LogP) is 0.842. The van der Waals surface area contributed by atoms with Crippen molar-refractivity contribution in [1.82, 2.24) is 0 Å². The monoisotopic (exact) mass is 241 g/mol. The van der Waals surface area contributed by atoms with Gasteiger partial charge in [-0.15, -0.1) is 0 Å². The molecule has 1 aromatic rings. The molecule has 0 heterocycles. The van der Waals surface area contributed by atoms with Crippen LogP contribution in [0.5, 0.6) is 11.5 Å². The zero-order chi connectivity index (χ0) is 12.8. The summed E-state index contributed by atoms with van der Waals surface area (Å²) in [6.07, 6.45) is -0.809. The van der Waals surface area contributed by atoms with Gasteiger partial charge in [0.15, 0.2) is 0 Å². The zero-order valence-corrected chi connectivity index (χ0v) is 10.4. The van der Waals surface area contributed by atoms with Crippen LogP contribution in [0, 0.1) is 0 Å². The molecule has 1 atom stereocenters. The van der Waals surface area contributed by atoms with Crippen molar-refractivity contribution < 1.29 is 19.3 Å². The maximum atomic E-state index is 9.86. The van der Waals surface area contributed by atoms with Crippen LogP contribution in [-0.2, 0) is 11.3 Å². The van der Waals surface area contributed by atoms with Gasteiger partial charge in [0.1, 0.15) is 11.5 Å². The van der Waals surface area contributed by atoms with Gasteiger partial charge in [-0.1, -0.05) is 0 Å². The van der Waals surface area contributed by atoms with Crippen LogP contribution in [0.15, 0.2) is 12.1 Å². The van der Waals surface area contributed by atoms with E-state index in [1.54, 1.807) is 19.2 Å². The van der Waals surface area contributed by atoms with E-state index in [2.05, 4.69) is 0 Å². The number of aliphatic hydroxyl groups excluding tert-OH is 1. The highest BCUT2D eigenvalue weighted by molar-refractivity contribution is 5.49. The third kappa shape index (κ3) is 3.09. The molecule has 0 aromatic heterocycles. The van der Waals surface area contributed by atoms with Gasteiger partial charge in [-0.25, -0.2) is 0 Å². The molecule has 0 saturated carbocycles. The van der Waals surface area contributed by atoms with Crippen molar-refractivity contribution in [3.8, 4) is 11.5 Å². The number of aliphatic hydroxyl groups is 1. The third-order valence-electron chi connectivity index (χ3n) is 2.47. The van der Waals surface area contributed by atoms with E-state index >= 15 is 0 Å². The Labute approximate surface area is 101 Å². The molecule has 0 bridgehead atoms. The second-order valence-corrected chi connectivity index (χ2v) is 3.60. The third-order valence-corrected chi connectivity index (χ3v) is 2.47. The van der Waals surface area contributed by atoms with Crippen LogP contribution in [0.4, 0.5) is 0 Å². The molecule has 0 aliphatic carbocycles. The number of hydrogen-bond donors (Lipinski definition) is 2. The number of methoxy groups -OCH3 is 3. The summed E-state index contributed by atoms with van der Waals surface area (Å²) in [4.78, 5) is 0. The van der Waals surface area contributed by atoms with Crippen molar-refractivity contribution in [1.29, 1.82) is 0 Å². The van der Waals surface area contributed by atoms with E-state index in [1.807, 2.05) is 0 Å². The smallest absolute Gasteiger partial charge is 0.128 e. The van der Waals surface area contributed by atoms with E-state index in [0.29, 0.717) is 23.7 Å². The first-order chi connectivity index (χ1) is 8.17. The number of rotatable bonds is 6. The second-order valence-electron chi connectivity index (χ2n) is 3.60. The SMILES string of the molecule is COCc1cc(OC)c(C(O)CN)c(OC)c1. The van der Waals surface area contributed by atoms with Gasteiger partial charge in [0.05, 0.1) is 32.5 Å². The maximum absolute atomic E-state index is 9.86. The van der Waals surface area contributed by atoms with E-state index < -0.39 is 6.10 Å². The molecule has 3 N–H and O–H groups in total. The van der Waals surface area contributed by atoms with Crippen LogP contribution < -0.4 is 15.2 Å². The van der Waals surface area contributed by atoms with Crippen LogP contribution in [0.1, 0.15) is 17.2 Å². The number of benzene rings is 1. The highest BCUT2D eigenvalue weighted by atomic mass is 16.5. The van der Waals surface area contributed by atoms with Crippen LogP contribution in [-0.4, -0.2) is 33.0 Å². The van der Waals surface area contributed by atoms with Crippen molar-refractivity contribution in [2.75, 3.05) is 27.9 Å². The second kappa shape index (κ2) is 6.44. The van der Waals surface area contributed by atoms with Gasteiger partial charge in [-0.2, -0.15) is 0 Å². The summed E-state index contributed by atoms with van der Waals surface area (Å²) in [7, 11) is 4.69. The van der Waals surface area contributed by atoms with Crippen molar-refractivity contribution >= 4 is 0 Å². The fourth-order valence-corrected chi connectivity index (χ4v) is 1.69. The molecule has 5 heteroatoms. The van der Waals surface area contributed by atoms with E-state index in [9.17, 15) is 5.11 Å². The van der Waals surface area contributed by atoms with E-state index in [-0.39, 0.29) is 6.54 Å². The Morgan fingerprint density at radius 1 is 1.18 bits per heavy atom. The minimum Gasteiger partial charge on any atom is -0.496 e. The molecule has 0 aliphatic heterocycles. The summed E-state index contributed by atoms with van der Waals surface area (Å²) in [5.74, 6) is 1.10. The fraction of sp³-hybridized carbons (Fsp3) is 0.500. The minimum atomic E-state index is -0.809. The van der Waals surface area contributed by atoms with Crippen LogP contribution >= 0.6 is 0 Å². The summed E-state index contributed by atoms with van der Waals surface area (Å²) in [5.41, 5.74) is 6.94. The molecule has 1 unspecified atom stereocenters. The van der Waals surface area contributed by atoms with Gasteiger partial charge >= 0.3 is 0 Å². The van der Waals surface area contributed by atoms with Crippen molar-refractivity contribution in [3.63, 3.8) is 0 Å². The van der Waals surface area contributed by atoms with Crippen LogP contribution in [0.25, 0.3) is 0 Å². The molecule has 0 amide bonds. The Hall–Kier alpha value is -1.30. The predicted molar refractivity (Wildman–Crippen MR) is 64.3 cm³/mol. The summed E-state index contributed by atoms with van der Waals surface area (Å²) in [5, 5.41) is 9.86. The van der Waals surface area contributed by atoms with Crippen molar-refractivity contribution in [2.45, 2.75) is 12.7 Å². The Kier molecular flexibility index (Phi) is 5.21. The Morgan fingerprint density at radius 2 is 1.71 bits per heavy atom. The van der Waals surface area contributed by atoms with E-state index in [0.717, 1.165) is 5.56 Å². The molecule has 0 spiro atoms. The average Bonchev–Trinajstić information content (AvgIpc) is 2.37. The maximum Gasteiger partial charge on any atom is 0.128 e. The lowest BCUT2D eigenvalue weighted by atomic mass is 10.0. The number of nitrogens with two attached hydrogens (primary N) is 1. The normalized spacial score (nSPS) is 12.3.